The molecular weight excluding hydrogens is 255 g/mol. The van der Waals surface area contributed by atoms with Gasteiger partial charge in [-0.3, -0.25) is 0 Å². The van der Waals surface area contributed by atoms with Crippen molar-refractivity contribution in [2.75, 3.05) is 13.7 Å². The number of ether oxygens (including phenoxy) is 2. The Morgan fingerprint density at radius 1 is 1.44 bits per heavy atom. The minimum absolute atomic E-state index is 0.124. The number of alkyl halides is 3. The molecular formula is C10H10F3NO4. The predicted octanol–water partition coefficient (Wildman–Crippen LogP) is 2.12. The molecule has 0 radical (unpaired) electrons. The number of nitrogens with zero attached hydrogens (tertiary/aromatic N) is 1. The highest BCUT2D eigenvalue weighted by molar-refractivity contribution is 5.90. The highest BCUT2D eigenvalue weighted by Gasteiger charge is 2.27. The van der Waals surface area contributed by atoms with E-state index in [1.807, 2.05) is 0 Å². The van der Waals surface area contributed by atoms with Crippen LogP contribution in [0.5, 0.6) is 11.8 Å². The van der Waals surface area contributed by atoms with E-state index in [1.165, 1.54) is 13.2 Å². The Morgan fingerprint density at radius 2 is 2.11 bits per heavy atom. The lowest BCUT2D eigenvalue weighted by molar-refractivity contribution is -0.139. The quantitative estimate of drug-likeness (QED) is 0.883. The van der Waals surface area contributed by atoms with Gasteiger partial charge in [0.25, 0.3) is 0 Å². The SMILES string of the molecule is COc1nc(OCCC(F)(F)F)ccc1C(=O)O. The third-order valence-electron chi connectivity index (χ3n) is 1.89. The first kappa shape index (κ1) is 14.1. The number of methoxy groups -OCH3 is 1. The van der Waals surface area contributed by atoms with Crippen molar-refractivity contribution in [2.24, 2.45) is 0 Å². The molecule has 1 aromatic heterocycles. The van der Waals surface area contributed by atoms with Crippen molar-refractivity contribution in [2.45, 2.75) is 12.6 Å². The van der Waals surface area contributed by atoms with E-state index in [0.717, 1.165) is 6.07 Å². The summed E-state index contributed by atoms with van der Waals surface area (Å²) in [7, 11) is 1.20. The highest BCUT2D eigenvalue weighted by Crippen LogP contribution is 2.22. The molecule has 0 unspecified atom stereocenters. The maximum Gasteiger partial charge on any atom is 0.392 e. The smallest absolute Gasteiger partial charge is 0.392 e. The monoisotopic (exact) mass is 265 g/mol. The van der Waals surface area contributed by atoms with Crippen molar-refractivity contribution in [1.29, 1.82) is 0 Å². The normalized spacial score (nSPS) is 11.1. The minimum atomic E-state index is -4.31. The Hall–Kier alpha value is -1.99. The molecule has 0 saturated heterocycles. The molecule has 0 aliphatic carbocycles. The van der Waals surface area contributed by atoms with E-state index < -0.39 is 25.2 Å². The number of carbonyl (C=O) groups is 1. The first-order chi connectivity index (χ1) is 8.33. The van der Waals surface area contributed by atoms with Crippen molar-refractivity contribution in [1.82, 2.24) is 4.98 Å². The topological polar surface area (TPSA) is 68.7 Å². The molecule has 1 aromatic rings. The number of carboxylic acid groups (broad SMARTS) is 1. The zero-order valence-electron chi connectivity index (χ0n) is 9.32. The van der Waals surface area contributed by atoms with Gasteiger partial charge >= 0.3 is 12.1 Å². The number of rotatable bonds is 5. The average Bonchev–Trinajstić information content (AvgIpc) is 2.26. The summed E-state index contributed by atoms with van der Waals surface area (Å²) in [5, 5.41) is 8.76. The van der Waals surface area contributed by atoms with Gasteiger partial charge < -0.3 is 14.6 Å². The van der Waals surface area contributed by atoms with Crippen LogP contribution in [0.3, 0.4) is 0 Å². The van der Waals surface area contributed by atoms with Gasteiger partial charge in [-0.2, -0.15) is 18.2 Å². The highest BCUT2D eigenvalue weighted by atomic mass is 19.4. The lowest BCUT2D eigenvalue weighted by atomic mass is 10.3. The summed E-state index contributed by atoms with van der Waals surface area (Å²) in [6, 6.07) is 2.32. The lowest BCUT2D eigenvalue weighted by Gasteiger charge is -2.09. The van der Waals surface area contributed by atoms with E-state index in [-0.39, 0.29) is 17.3 Å². The summed E-state index contributed by atoms with van der Waals surface area (Å²) in [6.07, 6.45) is -5.43. The van der Waals surface area contributed by atoms with Gasteiger partial charge in [-0.15, -0.1) is 0 Å². The van der Waals surface area contributed by atoms with Crippen LogP contribution in [0, 0.1) is 0 Å². The van der Waals surface area contributed by atoms with Gasteiger partial charge in [-0.05, 0) is 6.07 Å². The number of carboxylic acids is 1. The molecule has 1 N–H and O–H groups in total. The Morgan fingerprint density at radius 3 is 2.61 bits per heavy atom. The zero-order chi connectivity index (χ0) is 13.8. The lowest BCUT2D eigenvalue weighted by Crippen LogP contribution is -2.13. The number of halogens is 3. The van der Waals surface area contributed by atoms with Crippen LogP contribution in [0.4, 0.5) is 13.2 Å². The fourth-order valence-electron chi connectivity index (χ4n) is 1.09. The summed E-state index contributed by atoms with van der Waals surface area (Å²) in [6.45, 7) is -0.591. The van der Waals surface area contributed by atoms with Crippen LogP contribution in [0.15, 0.2) is 12.1 Å². The largest absolute Gasteiger partial charge is 0.480 e. The molecule has 1 rings (SSSR count). The second-order valence-electron chi connectivity index (χ2n) is 3.23. The average molecular weight is 265 g/mol. The molecule has 18 heavy (non-hydrogen) atoms. The second kappa shape index (κ2) is 5.56. The Kier molecular flexibility index (Phi) is 4.35. The fraction of sp³-hybridized carbons (Fsp3) is 0.400. The van der Waals surface area contributed by atoms with E-state index in [2.05, 4.69) is 4.98 Å². The van der Waals surface area contributed by atoms with E-state index in [0.29, 0.717) is 0 Å². The molecule has 0 aromatic carbocycles. The summed E-state index contributed by atoms with van der Waals surface area (Å²) in [5.74, 6) is -1.59. The van der Waals surface area contributed by atoms with Gasteiger partial charge in [0.1, 0.15) is 5.56 Å². The Bertz CT molecular complexity index is 434. The van der Waals surface area contributed by atoms with E-state index >= 15 is 0 Å². The summed E-state index contributed by atoms with van der Waals surface area (Å²) in [5.41, 5.74) is -0.194. The molecule has 5 nitrogen and oxygen atoms in total. The molecule has 0 amide bonds. The molecule has 0 spiro atoms. The van der Waals surface area contributed by atoms with Crippen LogP contribution in [0.1, 0.15) is 16.8 Å². The fourth-order valence-corrected chi connectivity index (χ4v) is 1.09. The van der Waals surface area contributed by atoms with Gasteiger partial charge in [0.15, 0.2) is 0 Å². The molecule has 0 saturated carbocycles. The number of aromatic carboxylic acids is 1. The van der Waals surface area contributed by atoms with Gasteiger partial charge in [0.05, 0.1) is 20.1 Å². The minimum Gasteiger partial charge on any atom is -0.480 e. The van der Waals surface area contributed by atoms with Crippen LogP contribution < -0.4 is 9.47 Å². The predicted molar refractivity (Wildman–Crippen MR) is 53.9 cm³/mol. The maximum atomic E-state index is 11.9. The number of aromatic nitrogens is 1. The maximum absolute atomic E-state index is 11.9. The van der Waals surface area contributed by atoms with Crippen molar-refractivity contribution < 1.29 is 32.5 Å². The van der Waals surface area contributed by atoms with Crippen LogP contribution in [-0.4, -0.2) is 36.0 Å². The number of hydrogen-bond donors (Lipinski definition) is 1. The molecule has 0 fully saturated rings. The number of pyridine rings is 1. The summed E-state index contributed by atoms with van der Waals surface area (Å²) in [4.78, 5) is 14.4. The van der Waals surface area contributed by atoms with Crippen LogP contribution in [-0.2, 0) is 0 Å². The first-order valence-electron chi connectivity index (χ1n) is 4.81. The van der Waals surface area contributed by atoms with E-state index in [9.17, 15) is 18.0 Å². The molecule has 0 aliphatic heterocycles. The van der Waals surface area contributed by atoms with Crippen LogP contribution in [0.2, 0.25) is 0 Å². The zero-order valence-corrected chi connectivity index (χ0v) is 9.32. The third-order valence-corrected chi connectivity index (χ3v) is 1.89. The van der Waals surface area contributed by atoms with Crippen LogP contribution >= 0.6 is 0 Å². The third kappa shape index (κ3) is 4.11. The van der Waals surface area contributed by atoms with E-state index in [1.54, 1.807) is 0 Å². The molecule has 100 valence electrons. The molecule has 1 heterocycles. The molecule has 8 heteroatoms. The number of hydrogen-bond acceptors (Lipinski definition) is 4. The molecule has 0 bridgehead atoms. The van der Waals surface area contributed by atoms with Gasteiger partial charge in [0, 0.05) is 6.07 Å². The standard InChI is InChI=1S/C10H10F3NO4/c1-17-8-6(9(15)16)2-3-7(14-8)18-5-4-10(11,12)13/h2-3H,4-5H2,1H3,(H,15,16). The van der Waals surface area contributed by atoms with Crippen molar-refractivity contribution in [3.63, 3.8) is 0 Å². The molecule has 0 atom stereocenters. The van der Waals surface area contributed by atoms with Gasteiger partial charge in [-0.25, -0.2) is 4.79 Å². The Labute approximate surface area is 100 Å². The van der Waals surface area contributed by atoms with Crippen molar-refractivity contribution >= 4 is 5.97 Å². The second-order valence-corrected chi connectivity index (χ2v) is 3.23. The van der Waals surface area contributed by atoms with Crippen molar-refractivity contribution in [3.05, 3.63) is 17.7 Å². The van der Waals surface area contributed by atoms with Crippen molar-refractivity contribution in [3.8, 4) is 11.8 Å². The Balaban J connectivity index is 2.71. The first-order valence-corrected chi connectivity index (χ1v) is 4.81. The summed E-state index contributed by atoms with van der Waals surface area (Å²) < 4.78 is 45.1. The molecule has 0 aliphatic rings. The van der Waals surface area contributed by atoms with E-state index in [4.69, 9.17) is 14.6 Å². The van der Waals surface area contributed by atoms with Gasteiger partial charge in [0.2, 0.25) is 11.8 Å². The van der Waals surface area contributed by atoms with Gasteiger partial charge in [-0.1, -0.05) is 0 Å². The summed E-state index contributed by atoms with van der Waals surface area (Å²) >= 11 is 0. The van der Waals surface area contributed by atoms with Crippen LogP contribution in [0.25, 0.3) is 0 Å².